The van der Waals surface area contributed by atoms with Crippen LogP contribution in [0.1, 0.15) is 16.1 Å². The molecule has 2 aromatic heterocycles. The Bertz CT molecular complexity index is 1140. The van der Waals surface area contributed by atoms with Crippen LogP contribution in [0.5, 0.6) is 0 Å². The number of hydrogen-bond donors (Lipinski definition) is 1. The van der Waals surface area contributed by atoms with E-state index in [-0.39, 0.29) is 16.4 Å². The Labute approximate surface area is 159 Å². The SMILES string of the molecule is Cc1nn(-c2ccccc2)c2ncc(C(=O)Nc3ccc(F)cc3)c(Cl)c12. The maximum Gasteiger partial charge on any atom is 0.258 e. The number of anilines is 1. The van der Waals surface area contributed by atoms with E-state index in [1.807, 2.05) is 37.3 Å². The number of nitrogens with zero attached hydrogens (tertiary/aromatic N) is 3. The number of carbonyl (C=O) groups excluding carboxylic acids is 1. The second kappa shape index (κ2) is 6.81. The third-order valence-electron chi connectivity index (χ3n) is 4.16. The number of amides is 1. The normalized spacial score (nSPS) is 10.9. The van der Waals surface area contributed by atoms with Gasteiger partial charge in [0.05, 0.1) is 27.4 Å². The Kier molecular flexibility index (Phi) is 4.33. The highest BCUT2D eigenvalue weighted by atomic mass is 35.5. The topological polar surface area (TPSA) is 59.8 Å². The van der Waals surface area contributed by atoms with Crippen LogP contribution in [0.15, 0.2) is 60.8 Å². The van der Waals surface area contributed by atoms with Crippen LogP contribution in [0.3, 0.4) is 0 Å². The van der Waals surface area contributed by atoms with Crippen LogP contribution in [-0.4, -0.2) is 20.7 Å². The summed E-state index contributed by atoms with van der Waals surface area (Å²) in [6.45, 7) is 1.82. The summed E-state index contributed by atoms with van der Waals surface area (Å²) in [5.74, 6) is -0.800. The van der Waals surface area contributed by atoms with E-state index in [2.05, 4.69) is 15.4 Å². The molecule has 27 heavy (non-hydrogen) atoms. The number of fused-ring (bicyclic) bond motifs is 1. The zero-order valence-electron chi connectivity index (χ0n) is 14.3. The van der Waals surface area contributed by atoms with E-state index in [0.717, 1.165) is 5.69 Å². The van der Waals surface area contributed by atoms with Crippen molar-refractivity contribution in [3.63, 3.8) is 0 Å². The molecule has 5 nitrogen and oxygen atoms in total. The number of carbonyl (C=O) groups is 1. The van der Waals surface area contributed by atoms with Crippen molar-refractivity contribution in [3.05, 3.63) is 82.9 Å². The molecule has 0 aliphatic carbocycles. The summed E-state index contributed by atoms with van der Waals surface area (Å²) >= 11 is 6.52. The molecule has 2 heterocycles. The summed E-state index contributed by atoms with van der Waals surface area (Å²) in [4.78, 5) is 17.0. The third kappa shape index (κ3) is 3.15. The molecule has 0 unspecified atom stereocenters. The van der Waals surface area contributed by atoms with Crippen LogP contribution >= 0.6 is 11.6 Å². The van der Waals surface area contributed by atoms with Crippen LogP contribution in [-0.2, 0) is 0 Å². The van der Waals surface area contributed by atoms with Gasteiger partial charge in [0, 0.05) is 11.9 Å². The van der Waals surface area contributed by atoms with Gasteiger partial charge in [-0.05, 0) is 43.3 Å². The number of nitrogens with one attached hydrogen (secondary N) is 1. The lowest BCUT2D eigenvalue weighted by molar-refractivity contribution is 0.102. The predicted molar refractivity (Wildman–Crippen MR) is 103 cm³/mol. The van der Waals surface area contributed by atoms with E-state index in [0.29, 0.717) is 22.4 Å². The second-order valence-corrected chi connectivity index (χ2v) is 6.36. The summed E-state index contributed by atoms with van der Waals surface area (Å²) in [6, 6.07) is 15.1. The van der Waals surface area contributed by atoms with Crippen LogP contribution in [0.25, 0.3) is 16.7 Å². The number of pyridine rings is 1. The van der Waals surface area contributed by atoms with Crippen molar-refractivity contribution < 1.29 is 9.18 Å². The van der Waals surface area contributed by atoms with Crippen molar-refractivity contribution in [1.82, 2.24) is 14.8 Å². The molecule has 0 bridgehead atoms. The van der Waals surface area contributed by atoms with E-state index >= 15 is 0 Å². The lowest BCUT2D eigenvalue weighted by Crippen LogP contribution is -2.13. The quantitative estimate of drug-likeness (QED) is 0.556. The van der Waals surface area contributed by atoms with E-state index < -0.39 is 5.91 Å². The second-order valence-electron chi connectivity index (χ2n) is 5.98. The zero-order chi connectivity index (χ0) is 19.0. The van der Waals surface area contributed by atoms with Gasteiger partial charge in [-0.1, -0.05) is 29.8 Å². The summed E-state index contributed by atoms with van der Waals surface area (Å²) in [5, 5.41) is 8.10. The van der Waals surface area contributed by atoms with Crippen LogP contribution in [0, 0.1) is 12.7 Å². The van der Waals surface area contributed by atoms with E-state index in [1.54, 1.807) is 4.68 Å². The molecule has 0 spiro atoms. The fourth-order valence-corrected chi connectivity index (χ4v) is 3.20. The monoisotopic (exact) mass is 380 g/mol. The van der Waals surface area contributed by atoms with Gasteiger partial charge in [0.1, 0.15) is 5.82 Å². The molecule has 134 valence electrons. The van der Waals surface area contributed by atoms with Crippen LogP contribution in [0.4, 0.5) is 10.1 Å². The smallest absolute Gasteiger partial charge is 0.258 e. The minimum absolute atomic E-state index is 0.226. The molecule has 0 aliphatic rings. The average molecular weight is 381 g/mol. The number of rotatable bonds is 3. The predicted octanol–water partition coefficient (Wildman–Crippen LogP) is 4.77. The van der Waals surface area contributed by atoms with E-state index in [1.165, 1.54) is 30.5 Å². The average Bonchev–Trinajstić information content (AvgIpc) is 3.02. The van der Waals surface area contributed by atoms with Crippen molar-refractivity contribution in [2.75, 3.05) is 5.32 Å². The van der Waals surface area contributed by atoms with Gasteiger partial charge in [0.2, 0.25) is 0 Å². The minimum atomic E-state index is -0.423. The van der Waals surface area contributed by atoms with Crippen molar-refractivity contribution in [1.29, 1.82) is 0 Å². The molecule has 2 aromatic carbocycles. The molecule has 0 radical (unpaired) electrons. The van der Waals surface area contributed by atoms with Gasteiger partial charge >= 0.3 is 0 Å². The lowest BCUT2D eigenvalue weighted by Gasteiger charge is -2.08. The maximum absolute atomic E-state index is 13.0. The molecule has 4 aromatic rings. The maximum atomic E-state index is 13.0. The molecule has 0 aliphatic heterocycles. The molecule has 0 atom stereocenters. The summed E-state index contributed by atoms with van der Waals surface area (Å²) < 4.78 is 14.7. The first kappa shape index (κ1) is 17.2. The van der Waals surface area contributed by atoms with Crippen molar-refractivity contribution in [3.8, 4) is 5.69 Å². The Morgan fingerprint density at radius 3 is 2.52 bits per heavy atom. The van der Waals surface area contributed by atoms with Gasteiger partial charge in [0.15, 0.2) is 5.65 Å². The molecule has 7 heteroatoms. The number of aromatic nitrogens is 3. The Morgan fingerprint density at radius 2 is 1.81 bits per heavy atom. The first-order chi connectivity index (χ1) is 13.0. The zero-order valence-corrected chi connectivity index (χ0v) is 15.0. The first-order valence-corrected chi connectivity index (χ1v) is 8.58. The molecule has 4 rings (SSSR count). The number of hydrogen-bond acceptors (Lipinski definition) is 3. The van der Waals surface area contributed by atoms with E-state index in [9.17, 15) is 9.18 Å². The summed E-state index contributed by atoms with van der Waals surface area (Å²) in [5.41, 5.74) is 2.78. The van der Waals surface area contributed by atoms with Gasteiger partial charge in [-0.25, -0.2) is 14.1 Å². The molecular formula is C20H14ClFN4O. The van der Waals surface area contributed by atoms with Crippen molar-refractivity contribution in [2.45, 2.75) is 6.92 Å². The fourth-order valence-electron chi connectivity index (χ4n) is 2.85. The lowest BCUT2D eigenvalue weighted by atomic mass is 10.2. The Morgan fingerprint density at radius 1 is 1.11 bits per heavy atom. The third-order valence-corrected chi connectivity index (χ3v) is 4.55. The largest absolute Gasteiger partial charge is 0.322 e. The molecular weight excluding hydrogens is 367 g/mol. The van der Waals surface area contributed by atoms with Gasteiger partial charge in [-0.15, -0.1) is 0 Å². The standard InChI is InChI=1S/C20H14ClFN4O/c1-12-17-18(21)16(20(27)24-14-9-7-13(22)8-10-14)11-23-19(17)26(25-12)15-5-3-2-4-6-15/h2-11H,1H3,(H,24,27). The van der Waals surface area contributed by atoms with Gasteiger partial charge in [-0.2, -0.15) is 5.10 Å². The van der Waals surface area contributed by atoms with Crippen LogP contribution in [0.2, 0.25) is 5.02 Å². The van der Waals surface area contributed by atoms with E-state index in [4.69, 9.17) is 11.6 Å². The highest BCUT2D eigenvalue weighted by Gasteiger charge is 2.20. The minimum Gasteiger partial charge on any atom is -0.322 e. The molecule has 1 amide bonds. The van der Waals surface area contributed by atoms with Gasteiger partial charge in [0.25, 0.3) is 5.91 Å². The van der Waals surface area contributed by atoms with Gasteiger partial charge in [-0.3, -0.25) is 4.79 Å². The molecule has 0 saturated carbocycles. The van der Waals surface area contributed by atoms with Crippen molar-refractivity contribution >= 4 is 34.2 Å². The first-order valence-electron chi connectivity index (χ1n) is 8.21. The number of aryl methyl sites for hydroxylation is 1. The molecule has 0 saturated heterocycles. The highest BCUT2D eigenvalue weighted by Crippen LogP contribution is 2.30. The number of para-hydroxylation sites is 1. The Balaban J connectivity index is 1.75. The summed E-state index contributed by atoms with van der Waals surface area (Å²) in [7, 11) is 0. The van der Waals surface area contributed by atoms with Gasteiger partial charge < -0.3 is 5.32 Å². The Hall–Kier alpha value is -3.25. The molecule has 1 N–H and O–H groups in total. The van der Waals surface area contributed by atoms with Crippen LogP contribution < -0.4 is 5.32 Å². The number of halogens is 2. The highest BCUT2D eigenvalue weighted by molar-refractivity contribution is 6.39. The van der Waals surface area contributed by atoms with Crippen molar-refractivity contribution in [2.24, 2.45) is 0 Å². The fraction of sp³-hybridized carbons (Fsp3) is 0.0500. The number of benzene rings is 2. The molecule has 0 fully saturated rings. The summed E-state index contributed by atoms with van der Waals surface area (Å²) in [6.07, 6.45) is 1.42.